The fourth-order valence-electron chi connectivity index (χ4n) is 1.17. The zero-order valence-electron chi connectivity index (χ0n) is 9.12. The van der Waals surface area contributed by atoms with Crippen LogP contribution in [0.25, 0.3) is 0 Å². The lowest BCUT2D eigenvalue weighted by molar-refractivity contribution is -0.123. The average Bonchev–Trinajstić information content (AvgIpc) is 2.30. The highest BCUT2D eigenvalue weighted by Crippen LogP contribution is 2.10. The number of halogens is 2. The summed E-state index contributed by atoms with van der Waals surface area (Å²) in [6.07, 6.45) is 0.00177. The number of amides is 1. The maximum absolute atomic E-state index is 12.6. The number of nitrogens with one attached hydrogen (secondary N) is 1. The van der Waals surface area contributed by atoms with Crippen molar-refractivity contribution >= 4 is 11.6 Å². The lowest BCUT2D eigenvalue weighted by Gasteiger charge is -2.13. The Kier molecular flexibility index (Phi) is 4.39. The molecule has 0 bridgehead atoms. The molecule has 0 radical (unpaired) electrons. The topological polar surface area (TPSA) is 75.4 Å². The van der Waals surface area contributed by atoms with E-state index in [-0.39, 0.29) is 6.42 Å². The van der Waals surface area contributed by atoms with E-state index in [1.807, 2.05) is 0 Å². The largest absolute Gasteiger partial charge is 0.399 e. The molecule has 0 saturated heterocycles. The standard InChI is InChI=1S/C11H14F2N2O2/c12-11(13,7-16)6-15-10(17)5-8-1-3-9(14)4-2-8/h1-4,16H,5-7,14H2,(H,15,17). The first-order chi connectivity index (χ1) is 7.93. The van der Waals surface area contributed by atoms with Gasteiger partial charge in [0.1, 0.15) is 6.61 Å². The van der Waals surface area contributed by atoms with Gasteiger partial charge in [0.05, 0.1) is 13.0 Å². The lowest BCUT2D eigenvalue weighted by Crippen LogP contribution is -2.39. The normalized spacial score (nSPS) is 11.2. The summed E-state index contributed by atoms with van der Waals surface area (Å²) in [6.45, 7) is -2.15. The molecule has 6 heteroatoms. The Labute approximate surface area is 97.4 Å². The van der Waals surface area contributed by atoms with Crippen molar-refractivity contribution in [3.63, 3.8) is 0 Å². The van der Waals surface area contributed by atoms with E-state index in [1.54, 1.807) is 24.3 Å². The highest BCUT2D eigenvalue weighted by Gasteiger charge is 2.27. The van der Waals surface area contributed by atoms with Crippen LogP contribution >= 0.6 is 0 Å². The smallest absolute Gasteiger partial charge is 0.287 e. The summed E-state index contributed by atoms with van der Waals surface area (Å²) in [5.41, 5.74) is 6.72. The minimum Gasteiger partial charge on any atom is -0.399 e. The van der Waals surface area contributed by atoms with Crippen LogP contribution in [-0.2, 0) is 11.2 Å². The van der Waals surface area contributed by atoms with Gasteiger partial charge in [-0.15, -0.1) is 0 Å². The van der Waals surface area contributed by atoms with Crippen LogP contribution in [0.3, 0.4) is 0 Å². The number of carbonyl (C=O) groups is 1. The number of hydrogen-bond acceptors (Lipinski definition) is 3. The third kappa shape index (κ3) is 4.78. The first-order valence-electron chi connectivity index (χ1n) is 5.03. The first kappa shape index (κ1) is 13.4. The quantitative estimate of drug-likeness (QED) is 0.662. The maximum atomic E-state index is 12.6. The van der Waals surface area contributed by atoms with E-state index in [0.717, 1.165) is 0 Å². The third-order valence-electron chi connectivity index (χ3n) is 2.12. The van der Waals surface area contributed by atoms with Crippen molar-refractivity contribution in [2.45, 2.75) is 12.3 Å². The summed E-state index contributed by atoms with van der Waals surface area (Å²) in [5.74, 6) is -3.81. The number of aliphatic hydroxyl groups excluding tert-OH is 1. The zero-order chi connectivity index (χ0) is 12.9. The van der Waals surface area contributed by atoms with Gasteiger partial charge in [0.15, 0.2) is 0 Å². The number of hydrogen-bond donors (Lipinski definition) is 3. The van der Waals surface area contributed by atoms with E-state index in [9.17, 15) is 13.6 Å². The van der Waals surface area contributed by atoms with Crippen LogP contribution in [0.2, 0.25) is 0 Å². The number of nitrogen functional groups attached to an aromatic ring is 1. The van der Waals surface area contributed by atoms with Gasteiger partial charge >= 0.3 is 0 Å². The van der Waals surface area contributed by atoms with Gasteiger partial charge < -0.3 is 16.2 Å². The molecule has 1 amide bonds. The van der Waals surface area contributed by atoms with Crippen LogP contribution in [0.1, 0.15) is 5.56 Å². The van der Waals surface area contributed by atoms with Crippen molar-refractivity contribution in [1.82, 2.24) is 5.32 Å². The van der Waals surface area contributed by atoms with Gasteiger partial charge in [-0.05, 0) is 17.7 Å². The predicted molar refractivity (Wildman–Crippen MR) is 59.6 cm³/mol. The Bertz CT molecular complexity index is 380. The molecule has 17 heavy (non-hydrogen) atoms. The second kappa shape index (κ2) is 5.58. The van der Waals surface area contributed by atoms with E-state index in [4.69, 9.17) is 10.8 Å². The molecule has 94 valence electrons. The minimum absolute atomic E-state index is 0.00177. The van der Waals surface area contributed by atoms with E-state index >= 15 is 0 Å². The van der Waals surface area contributed by atoms with Gasteiger partial charge in [-0.25, -0.2) is 8.78 Å². The number of anilines is 1. The lowest BCUT2D eigenvalue weighted by atomic mass is 10.1. The molecule has 1 aromatic carbocycles. The fourth-order valence-corrected chi connectivity index (χ4v) is 1.17. The Morgan fingerprint density at radius 2 is 1.94 bits per heavy atom. The minimum atomic E-state index is -3.28. The number of aliphatic hydroxyl groups is 1. The molecule has 0 heterocycles. The Morgan fingerprint density at radius 1 is 1.35 bits per heavy atom. The number of nitrogens with two attached hydrogens (primary N) is 1. The zero-order valence-corrected chi connectivity index (χ0v) is 9.12. The van der Waals surface area contributed by atoms with Gasteiger partial charge in [-0.3, -0.25) is 4.79 Å². The van der Waals surface area contributed by atoms with Crippen molar-refractivity contribution in [2.24, 2.45) is 0 Å². The number of rotatable bonds is 5. The van der Waals surface area contributed by atoms with Crippen LogP contribution in [0.15, 0.2) is 24.3 Å². The molecular weight excluding hydrogens is 230 g/mol. The molecule has 1 rings (SSSR count). The summed E-state index contributed by atoms with van der Waals surface area (Å²) < 4.78 is 25.2. The maximum Gasteiger partial charge on any atom is 0.287 e. The SMILES string of the molecule is Nc1ccc(CC(=O)NCC(F)(F)CO)cc1. The van der Waals surface area contributed by atoms with Crippen LogP contribution in [0.5, 0.6) is 0 Å². The molecule has 0 aromatic heterocycles. The van der Waals surface area contributed by atoms with E-state index in [0.29, 0.717) is 11.3 Å². The summed E-state index contributed by atoms with van der Waals surface area (Å²) >= 11 is 0. The summed E-state index contributed by atoms with van der Waals surface area (Å²) in [5, 5.41) is 10.4. The molecule has 0 aliphatic carbocycles. The molecule has 1 aromatic rings. The predicted octanol–water partition coefficient (Wildman–Crippen LogP) is 0.555. The monoisotopic (exact) mass is 244 g/mol. The molecular formula is C11H14F2N2O2. The van der Waals surface area contributed by atoms with Crippen LogP contribution < -0.4 is 11.1 Å². The fraction of sp³-hybridized carbons (Fsp3) is 0.364. The summed E-state index contributed by atoms with van der Waals surface area (Å²) in [4.78, 5) is 11.3. The van der Waals surface area contributed by atoms with Crippen LogP contribution in [-0.4, -0.2) is 30.1 Å². The molecule has 0 spiro atoms. The molecule has 0 aliphatic rings. The van der Waals surface area contributed by atoms with Gasteiger partial charge in [0.2, 0.25) is 5.91 Å². The number of benzene rings is 1. The van der Waals surface area contributed by atoms with Crippen molar-refractivity contribution in [1.29, 1.82) is 0 Å². The second-order valence-electron chi connectivity index (χ2n) is 3.71. The van der Waals surface area contributed by atoms with Gasteiger partial charge in [-0.2, -0.15) is 0 Å². The van der Waals surface area contributed by atoms with E-state index < -0.39 is 25.0 Å². The van der Waals surface area contributed by atoms with Gasteiger partial charge in [-0.1, -0.05) is 12.1 Å². The molecule has 4 nitrogen and oxygen atoms in total. The van der Waals surface area contributed by atoms with Crippen molar-refractivity contribution in [2.75, 3.05) is 18.9 Å². The Balaban J connectivity index is 2.42. The number of alkyl halides is 2. The van der Waals surface area contributed by atoms with Crippen molar-refractivity contribution in [3.8, 4) is 0 Å². The van der Waals surface area contributed by atoms with Gasteiger partial charge in [0.25, 0.3) is 5.92 Å². The highest BCUT2D eigenvalue weighted by molar-refractivity contribution is 5.78. The summed E-state index contributed by atoms with van der Waals surface area (Å²) in [7, 11) is 0. The van der Waals surface area contributed by atoms with E-state index in [1.165, 1.54) is 0 Å². The molecule has 0 atom stereocenters. The molecule has 0 fully saturated rings. The van der Waals surface area contributed by atoms with Crippen LogP contribution in [0, 0.1) is 0 Å². The highest BCUT2D eigenvalue weighted by atomic mass is 19.3. The summed E-state index contributed by atoms with van der Waals surface area (Å²) in [6, 6.07) is 6.56. The van der Waals surface area contributed by atoms with E-state index in [2.05, 4.69) is 5.32 Å². The Hall–Kier alpha value is -1.69. The molecule has 0 saturated carbocycles. The average molecular weight is 244 g/mol. The van der Waals surface area contributed by atoms with Gasteiger partial charge in [0, 0.05) is 5.69 Å². The second-order valence-corrected chi connectivity index (χ2v) is 3.71. The molecule has 0 unspecified atom stereocenters. The third-order valence-corrected chi connectivity index (χ3v) is 2.12. The van der Waals surface area contributed by atoms with Crippen molar-refractivity contribution in [3.05, 3.63) is 29.8 Å². The molecule has 4 N–H and O–H groups in total. The number of carbonyl (C=O) groups excluding carboxylic acids is 1. The molecule has 0 aliphatic heterocycles. The Morgan fingerprint density at radius 3 is 2.47 bits per heavy atom. The van der Waals surface area contributed by atoms with Crippen LogP contribution in [0.4, 0.5) is 14.5 Å². The van der Waals surface area contributed by atoms with Crippen molar-refractivity contribution < 1.29 is 18.7 Å². The first-order valence-corrected chi connectivity index (χ1v) is 5.03.